The van der Waals surface area contributed by atoms with Crippen LogP contribution in [0.4, 0.5) is 0 Å². The van der Waals surface area contributed by atoms with Crippen molar-refractivity contribution in [2.75, 3.05) is 0 Å². The first-order chi connectivity index (χ1) is 12.2. The highest BCUT2D eigenvalue weighted by Crippen LogP contribution is 2.35. The molecule has 0 radical (unpaired) electrons. The first kappa shape index (κ1) is 13.9. The van der Waals surface area contributed by atoms with Crippen LogP contribution in [0.5, 0.6) is 5.75 Å². The third kappa shape index (κ3) is 1.99. The third-order valence-electron chi connectivity index (χ3n) is 4.48. The van der Waals surface area contributed by atoms with Crippen molar-refractivity contribution >= 4 is 32.8 Å². The summed E-state index contributed by atoms with van der Waals surface area (Å²) < 4.78 is 0. The highest BCUT2D eigenvalue weighted by molar-refractivity contribution is 6.21. The highest BCUT2D eigenvalue weighted by Gasteiger charge is 2.16. The van der Waals surface area contributed by atoms with Gasteiger partial charge in [-0.3, -0.25) is 9.97 Å². The number of fused-ring (bicyclic) bond motifs is 6. The van der Waals surface area contributed by atoms with Crippen LogP contribution in [-0.4, -0.2) is 25.0 Å². The van der Waals surface area contributed by atoms with E-state index in [4.69, 9.17) is 4.98 Å². The molecule has 5 nitrogen and oxygen atoms in total. The Bertz CT molecular complexity index is 1200. The molecule has 3 heterocycles. The van der Waals surface area contributed by atoms with Crippen molar-refractivity contribution in [2.24, 2.45) is 0 Å². The first-order valence-electron chi connectivity index (χ1n) is 8.03. The Labute approximate surface area is 143 Å². The van der Waals surface area contributed by atoms with E-state index < -0.39 is 0 Å². The molecule has 5 heteroatoms. The summed E-state index contributed by atoms with van der Waals surface area (Å²) in [4.78, 5) is 17.2. The molecule has 0 aliphatic rings. The van der Waals surface area contributed by atoms with Crippen LogP contribution in [0.1, 0.15) is 5.56 Å². The van der Waals surface area contributed by atoms with Gasteiger partial charge in [-0.2, -0.15) is 0 Å². The summed E-state index contributed by atoms with van der Waals surface area (Å²) in [5, 5.41) is 12.2. The molecule has 3 aromatic heterocycles. The number of aromatic nitrogens is 4. The van der Waals surface area contributed by atoms with E-state index in [2.05, 4.69) is 15.0 Å². The van der Waals surface area contributed by atoms with Gasteiger partial charge in [0.25, 0.3) is 0 Å². The molecule has 0 saturated heterocycles. The number of pyridine rings is 2. The smallest absolute Gasteiger partial charge is 0.142 e. The predicted octanol–water partition coefficient (Wildman–Crippen LogP) is 4.34. The number of hydrogen-bond acceptors (Lipinski definition) is 4. The van der Waals surface area contributed by atoms with Crippen LogP contribution in [0.3, 0.4) is 0 Å². The van der Waals surface area contributed by atoms with Crippen LogP contribution in [0.25, 0.3) is 44.2 Å². The van der Waals surface area contributed by atoms with Crippen molar-refractivity contribution in [2.45, 2.75) is 6.92 Å². The molecule has 0 atom stereocenters. The lowest BCUT2D eigenvalue weighted by molar-refractivity contribution is 0.477. The van der Waals surface area contributed by atoms with Crippen molar-refractivity contribution in [1.82, 2.24) is 19.9 Å². The summed E-state index contributed by atoms with van der Waals surface area (Å²) in [7, 11) is 0. The number of rotatable bonds is 1. The van der Waals surface area contributed by atoms with Crippen LogP contribution in [0.2, 0.25) is 0 Å². The molecule has 2 N–H and O–H groups in total. The van der Waals surface area contributed by atoms with E-state index in [0.29, 0.717) is 11.4 Å². The maximum Gasteiger partial charge on any atom is 0.142 e. The molecule has 0 aliphatic heterocycles. The fourth-order valence-corrected chi connectivity index (χ4v) is 3.31. The van der Waals surface area contributed by atoms with Crippen LogP contribution >= 0.6 is 0 Å². The summed E-state index contributed by atoms with van der Waals surface area (Å²) in [6.45, 7) is 1.99. The molecule has 0 bridgehead atoms. The Kier molecular flexibility index (Phi) is 2.79. The molecule has 5 rings (SSSR count). The lowest BCUT2D eigenvalue weighted by Gasteiger charge is -2.03. The predicted molar refractivity (Wildman–Crippen MR) is 98.5 cm³/mol. The van der Waals surface area contributed by atoms with E-state index >= 15 is 0 Å². The van der Waals surface area contributed by atoms with Gasteiger partial charge in [0, 0.05) is 23.2 Å². The number of hydrogen-bond donors (Lipinski definition) is 2. The summed E-state index contributed by atoms with van der Waals surface area (Å²) in [6, 6.07) is 13.3. The van der Waals surface area contributed by atoms with Gasteiger partial charge >= 0.3 is 0 Å². The second kappa shape index (κ2) is 5.01. The van der Waals surface area contributed by atoms with Gasteiger partial charge in [0.15, 0.2) is 0 Å². The minimum absolute atomic E-state index is 0.203. The molecule has 5 aromatic rings. The monoisotopic (exact) mass is 326 g/mol. The molecule has 0 unspecified atom stereocenters. The number of nitrogens with zero attached hydrogens (tertiary/aromatic N) is 3. The SMILES string of the molecule is Cc1ccc(O)c(-c2nc3c4cccnc4c4ncccc4c3[nH]2)c1. The fourth-order valence-electron chi connectivity index (χ4n) is 3.31. The summed E-state index contributed by atoms with van der Waals surface area (Å²) in [5.74, 6) is 0.840. The van der Waals surface area contributed by atoms with Crippen LogP contribution in [0, 0.1) is 6.92 Å². The second-order valence-corrected chi connectivity index (χ2v) is 6.13. The fraction of sp³-hybridized carbons (Fsp3) is 0.0500. The first-order valence-corrected chi connectivity index (χ1v) is 8.03. The zero-order valence-corrected chi connectivity index (χ0v) is 13.5. The Morgan fingerprint density at radius 2 is 1.60 bits per heavy atom. The third-order valence-corrected chi connectivity index (χ3v) is 4.48. The van der Waals surface area contributed by atoms with Gasteiger partial charge in [-0.15, -0.1) is 0 Å². The van der Waals surface area contributed by atoms with Crippen LogP contribution in [-0.2, 0) is 0 Å². The topological polar surface area (TPSA) is 74.7 Å². The molecule has 120 valence electrons. The van der Waals surface area contributed by atoms with Crippen molar-refractivity contribution in [3.8, 4) is 17.1 Å². The van der Waals surface area contributed by atoms with Crippen molar-refractivity contribution in [3.05, 3.63) is 60.4 Å². The van der Waals surface area contributed by atoms with Gasteiger partial charge < -0.3 is 10.1 Å². The lowest BCUT2D eigenvalue weighted by Crippen LogP contribution is -1.86. The quantitative estimate of drug-likeness (QED) is 0.449. The Balaban J connectivity index is 1.96. The number of phenolic OH excluding ortho intramolecular Hbond substituents is 1. The normalized spacial score (nSPS) is 11.6. The number of aromatic amines is 1. The zero-order chi connectivity index (χ0) is 17.0. The molecular weight excluding hydrogens is 312 g/mol. The lowest BCUT2D eigenvalue weighted by atomic mass is 10.1. The largest absolute Gasteiger partial charge is 0.507 e. The molecule has 0 saturated carbocycles. The minimum Gasteiger partial charge on any atom is -0.507 e. The van der Waals surface area contributed by atoms with E-state index in [9.17, 15) is 5.11 Å². The Morgan fingerprint density at radius 3 is 2.40 bits per heavy atom. The number of H-pyrrole nitrogens is 1. The molecule has 0 aliphatic carbocycles. The number of aryl methyl sites for hydroxylation is 1. The Hall–Kier alpha value is -3.47. The van der Waals surface area contributed by atoms with Crippen LogP contribution in [0.15, 0.2) is 54.9 Å². The minimum atomic E-state index is 0.203. The second-order valence-electron chi connectivity index (χ2n) is 6.13. The van der Waals surface area contributed by atoms with Gasteiger partial charge in [0.2, 0.25) is 0 Å². The molecule has 2 aromatic carbocycles. The van der Waals surface area contributed by atoms with Gasteiger partial charge in [0.1, 0.15) is 11.6 Å². The van der Waals surface area contributed by atoms with E-state index in [1.807, 2.05) is 43.3 Å². The van der Waals surface area contributed by atoms with Gasteiger partial charge in [-0.25, -0.2) is 4.98 Å². The van der Waals surface area contributed by atoms with Crippen molar-refractivity contribution in [3.63, 3.8) is 0 Å². The number of phenols is 1. The van der Waals surface area contributed by atoms with Gasteiger partial charge in [0.05, 0.1) is 27.6 Å². The van der Waals surface area contributed by atoms with Crippen molar-refractivity contribution < 1.29 is 5.11 Å². The van der Waals surface area contributed by atoms with Crippen LogP contribution < -0.4 is 0 Å². The molecule has 0 spiro atoms. The summed E-state index contributed by atoms with van der Waals surface area (Å²) >= 11 is 0. The van der Waals surface area contributed by atoms with E-state index in [-0.39, 0.29) is 5.75 Å². The molecule has 25 heavy (non-hydrogen) atoms. The number of aromatic hydroxyl groups is 1. The van der Waals surface area contributed by atoms with Crippen molar-refractivity contribution in [1.29, 1.82) is 0 Å². The Morgan fingerprint density at radius 1 is 0.880 bits per heavy atom. The average molecular weight is 326 g/mol. The molecular formula is C20H14N4O. The molecule has 0 fully saturated rings. The number of benzene rings is 2. The van der Waals surface area contributed by atoms with E-state index in [1.54, 1.807) is 18.5 Å². The number of imidazole rings is 1. The zero-order valence-electron chi connectivity index (χ0n) is 13.5. The van der Waals surface area contributed by atoms with Gasteiger partial charge in [-0.1, -0.05) is 11.6 Å². The summed E-state index contributed by atoms with van der Waals surface area (Å²) in [6.07, 6.45) is 3.54. The summed E-state index contributed by atoms with van der Waals surface area (Å²) in [5.41, 5.74) is 5.15. The van der Waals surface area contributed by atoms with E-state index in [0.717, 1.165) is 38.4 Å². The standard InChI is InChI=1S/C20H14N4O/c1-11-6-7-15(25)14(10-11)20-23-18-12-4-2-8-21-16(12)17-13(19(18)24-20)5-3-9-22-17/h2-10,25H,1H3,(H,23,24). The average Bonchev–Trinajstić information content (AvgIpc) is 3.09. The maximum atomic E-state index is 10.3. The highest BCUT2D eigenvalue weighted by atomic mass is 16.3. The maximum absolute atomic E-state index is 10.3. The molecule has 0 amide bonds. The van der Waals surface area contributed by atoms with Gasteiger partial charge in [-0.05, 0) is 43.3 Å². The number of nitrogens with one attached hydrogen (secondary N) is 1. The van der Waals surface area contributed by atoms with E-state index in [1.165, 1.54) is 0 Å².